The number of likely N-dealkylation sites (N-methyl/N-ethyl adjacent to an activating group) is 1. The number of nitrogens with zero attached hydrogens (tertiary/aromatic N) is 2. The lowest BCUT2D eigenvalue weighted by atomic mass is 10.2. The first-order chi connectivity index (χ1) is 9.02. The number of aromatic carboxylic acids is 1. The summed E-state index contributed by atoms with van der Waals surface area (Å²) >= 11 is 1.05. The van der Waals surface area contributed by atoms with Crippen molar-refractivity contribution < 1.29 is 14.7 Å². The molecule has 1 aromatic heterocycles. The third-order valence-electron chi connectivity index (χ3n) is 3.49. The standard InChI is InChI=1S/C13H18N2O3S/c1-3-14-6-7-15(8-9(14)2)12(16)10-4-5-11(19-10)13(17)18/h4-5,9H,3,6-8H2,1-2H3,(H,17,18). The van der Waals surface area contributed by atoms with Crippen LogP contribution in [0.4, 0.5) is 0 Å². The van der Waals surface area contributed by atoms with E-state index in [4.69, 9.17) is 5.11 Å². The molecule has 1 N–H and O–H groups in total. The maximum atomic E-state index is 12.3. The Morgan fingerprint density at radius 1 is 1.37 bits per heavy atom. The zero-order valence-corrected chi connectivity index (χ0v) is 11.9. The summed E-state index contributed by atoms with van der Waals surface area (Å²) in [6, 6.07) is 3.45. The van der Waals surface area contributed by atoms with Gasteiger partial charge in [-0.05, 0) is 25.6 Å². The van der Waals surface area contributed by atoms with Crippen LogP contribution in [0.15, 0.2) is 12.1 Å². The van der Waals surface area contributed by atoms with Crippen molar-refractivity contribution in [1.29, 1.82) is 0 Å². The Kier molecular flexibility index (Phi) is 4.21. The summed E-state index contributed by atoms with van der Waals surface area (Å²) in [6.45, 7) is 7.50. The maximum Gasteiger partial charge on any atom is 0.345 e. The Bertz CT molecular complexity index is 486. The van der Waals surface area contributed by atoms with Gasteiger partial charge >= 0.3 is 5.97 Å². The van der Waals surface area contributed by atoms with Gasteiger partial charge in [-0.25, -0.2) is 4.79 Å². The summed E-state index contributed by atoms with van der Waals surface area (Å²) in [5.74, 6) is -1.03. The average molecular weight is 282 g/mol. The molecule has 0 aliphatic carbocycles. The highest BCUT2D eigenvalue weighted by molar-refractivity contribution is 7.15. The summed E-state index contributed by atoms with van der Waals surface area (Å²) in [4.78, 5) is 28.0. The highest BCUT2D eigenvalue weighted by Crippen LogP contribution is 2.20. The number of carboxylic acids is 1. The predicted octanol–water partition coefficient (Wildman–Crippen LogP) is 1.61. The second kappa shape index (κ2) is 5.71. The van der Waals surface area contributed by atoms with Gasteiger partial charge in [0.1, 0.15) is 4.88 Å². The first kappa shape index (κ1) is 14.0. The van der Waals surface area contributed by atoms with E-state index < -0.39 is 5.97 Å². The van der Waals surface area contributed by atoms with Gasteiger partial charge in [0.15, 0.2) is 0 Å². The molecule has 1 saturated heterocycles. The molecular weight excluding hydrogens is 264 g/mol. The van der Waals surface area contributed by atoms with Gasteiger partial charge in [-0.3, -0.25) is 9.69 Å². The van der Waals surface area contributed by atoms with Crippen molar-refractivity contribution in [1.82, 2.24) is 9.80 Å². The van der Waals surface area contributed by atoms with E-state index in [-0.39, 0.29) is 10.8 Å². The van der Waals surface area contributed by atoms with E-state index in [2.05, 4.69) is 18.7 Å². The van der Waals surface area contributed by atoms with E-state index in [0.29, 0.717) is 24.0 Å². The van der Waals surface area contributed by atoms with Crippen molar-refractivity contribution in [3.05, 3.63) is 21.9 Å². The number of rotatable bonds is 3. The molecule has 1 aliphatic heterocycles. The van der Waals surface area contributed by atoms with Crippen molar-refractivity contribution in [3.8, 4) is 0 Å². The fraction of sp³-hybridized carbons (Fsp3) is 0.538. The number of hydrogen-bond donors (Lipinski definition) is 1. The first-order valence-corrected chi connectivity index (χ1v) is 7.21. The summed E-state index contributed by atoms with van der Waals surface area (Å²) in [5.41, 5.74) is 0. The van der Waals surface area contributed by atoms with Crippen LogP contribution in [0.5, 0.6) is 0 Å². The number of carbonyl (C=O) groups excluding carboxylic acids is 1. The maximum absolute atomic E-state index is 12.3. The molecule has 0 radical (unpaired) electrons. The summed E-state index contributed by atoms with van der Waals surface area (Å²) < 4.78 is 0. The van der Waals surface area contributed by atoms with Crippen molar-refractivity contribution in [3.63, 3.8) is 0 Å². The normalized spacial score (nSPS) is 20.5. The van der Waals surface area contributed by atoms with Crippen LogP contribution in [-0.2, 0) is 0 Å². The summed E-state index contributed by atoms with van der Waals surface area (Å²) in [6.07, 6.45) is 0. The van der Waals surface area contributed by atoms with Crippen LogP contribution in [0.1, 0.15) is 33.2 Å². The van der Waals surface area contributed by atoms with Gasteiger partial charge in [0.25, 0.3) is 5.91 Å². The third-order valence-corrected chi connectivity index (χ3v) is 4.55. The van der Waals surface area contributed by atoms with E-state index >= 15 is 0 Å². The SMILES string of the molecule is CCN1CCN(C(=O)c2ccc(C(=O)O)s2)CC1C. The largest absolute Gasteiger partial charge is 0.477 e. The van der Waals surface area contributed by atoms with E-state index in [9.17, 15) is 9.59 Å². The minimum Gasteiger partial charge on any atom is -0.477 e. The molecule has 1 unspecified atom stereocenters. The lowest BCUT2D eigenvalue weighted by Gasteiger charge is -2.39. The fourth-order valence-electron chi connectivity index (χ4n) is 2.37. The van der Waals surface area contributed by atoms with Gasteiger partial charge in [0, 0.05) is 25.7 Å². The smallest absolute Gasteiger partial charge is 0.345 e. The average Bonchev–Trinajstić information content (AvgIpc) is 2.87. The van der Waals surface area contributed by atoms with Crippen LogP contribution >= 0.6 is 11.3 Å². The van der Waals surface area contributed by atoms with Crippen molar-refractivity contribution >= 4 is 23.2 Å². The molecule has 2 rings (SSSR count). The van der Waals surface area contributed by atoms with Crippen molar-refractivity contribution in [2.45, 2.75) is 19.9 Å². The Balaban J connectivity index is 2.05. The molecule has 1 fully saturated rings. The highest BCUT2D eigenvalue weighted by atomic mass is 32.1. The molecule has 0 saturated carbocycles. The highest BCUT2D eigenvalue weighted by Gasteiger charge is 2.27. The Morgan fingerprint density at radius 2 is 2.05 bits per heavy atom. The van der Waals surface area contributed by atoms with E-state index in [0.717, 1.165) is 24.4 Å². The molecule has 0 spiro atoms. The molecule has 6 heteroatoms. The van der Waals surface area contributed by atoms with E-state index in [1.165, 1.54) is 6.07 Å². The summed E-state index contributed by atoms with van der Waals surface area (Å²) in [5, 5.41) is 8.88. The lowest BCUT2D eigenvalue weighted by molar-refractivity contribution is 0.0532. The molecule has 0 bridgehead atoms. The topological polar surface area (TPSA) is 60.9 Å². The second-order valence-corrected chi connectivity index (χ2v) is 5.78. The number of piperazine rings is 1. The molecule has 19 heavy (non-hydrogen) atoms. The molecule has 5 nitrogen and oxygen atoms in total. The molecule has 1 aromatic rings. The van der Waals surface area contributed by atoms with Crippen LogP contribution in [0.2, 0.25) is 0 Å². The van der Waals surface area contributed by atoms with Crippen LogP contribution in [-0.4, -0.2) is 59.0 Å². The van der Waals surface area contributed by atoms with Gasteiger partial charge in [0.2, 0.25) is 0 Å². The quantitative estimate of drug-likeness (QED) is 0.915. The van der Waals surface area contributed by atoms with Crippen LogP contribution in [0.25, 0.3) is 0 Å². The fourth-order valence-corrected chi connectivity index (χ4v) is 3.19. The number of carbonyl (C=O) groups is 2. The minimum absolute atomic E-state index is 0.0555. The van der Waals surface area contributed by atoms with Crippen LogP contribution < -0.4 is 0 Å². The Labute approximate surface area is 116 Å². The van der Waals surface area contributed by atoms with Crippen LogP contribution in [0.3, 0.4) is 0 Å². The van der Waals surface area contributed by atoms with Gasteiger partial charge < -0.3 is 10.0 Å². The Hall–Kier alpha value is -1.40. The minimum atomic E-state index is -0.978. The number of amides is 1. The predicted molar refractivity (Wildman–Crippen MR) is 73.9 cm³/mol. The zero-order chi connectivity index (χ0) is 14.0. The second-order valence-electron chi connectivity index (χ2n) is 4.70. The molecule has 1 atom stereocenters. The monoisotopic (exact) mass is 282 g/mol. The third kappa shape index (κ3) is 2.96. The molecule has 2 heterocycles. The van der Waals surface area contributed by atoms with E-state index in [1.54, 1.807) is 6.07 Å². The van der Waals surface area contributed by atoms with Gasteiger partial charge in [-0.2, -0.15) is 0 Å². The van der Waals surface area contributed by atoms with Crippen molar-refractivity contribution in [2.24, 2.45) is 0 Å². The van der Waals surface area contributed by atoms with E-state index in [1.807, 2.05) is 4.90 Å². The van der Waals surface area contributed by atoms with Gasteiger partial charge in [-0.15, -0.1) is 11.3 Å². The van der Waals surface area contributed by atoms with Crippen LogP contribution in [0, 0.1) is 0 Å². The molecule has 0 aromatic carbocycles. The van der Waals surface area contributed by atoms with Crippen molar-refractivity contribution in [2.75, 3.05) is 26.2 Å². The summed E-state index contributed by atoms with van der Waals surface area (Å²) in [7, 11) is 0. The zero-order valence-electron chi connectivity index (χ0n) is 11.1. The number of carboxylic acid groups (broad SMARTS) is 1. The first-order valence-electron chi connectivity index (χ1n) is 6.39. The van der Waals surface area contributed by atoms with Gasteiger partial charge in [0.05, 0.1) is 4.88 Å². The molecular formula is C13H18N2O3S. The number of hydrogen-bond acceptors (Lipinski definition) is 4. The van der Waals surface area contributed by atoms with Gasteiger partial charge in [-0.1, -0.05) is 6.92 Å². The molecule has 1 amide bonds. The molecule has 1 aliphatic rings. The number of thiophene rings is 1. The Morgan fingerprint density at radius 3 is 2.58 bits per heavy atom. The lowest BCUT2D eigenvalue weighted by Crippen LogP contribution is -2.53. The molecule has 104 valence electrons.